The zero-order valence-corrected chi connectivity index (χ0v) is 16.0. The van der Waals surface area contributed by atoms with E-state index in [1.165, 1.54) is 13.1 Å². The highest BCUT2D eigenvalue weighted by atomic mass is 19.1. The molecule has 1 aromatic carbocycles. The van der Waals surface area contributed by atoms with E-state index in [-0.39, 0.29) is 11.4 Å². The number of anilines is 3. The van der Waals surface area contributed by atoms with Crippen LogP contribution in [0.2, 0.25) is 0 Å². The number of nitrogens with zero attached hydrogens (tertiary/aromatic N) is 1. The van der Waals surface area contributed by atoms with Crippen LogP contribution < -0.4 is 16.0 Å². The van der Waals surface area contributed by atoms with Crippen molar-refractivity contribution in [3.05, 3.63) is 48.3 Å². The van der Waals surface area contributed by atoms with Crippen LogP contribution in [0.4, 0.5) is 30.6 Å². The number of ether oxygens (including phenoxy) is 1. The Morgan fingerprint density at radius 2 is 1.93 bits per heavy atom. The molecule has 0 bridgehead atoms. The summed E-state index contributed by atoms with van der Waals surface area (Å²) in [6.45, 7) is 6.46. The Morgan fingerprint density at radius 1 is 1.21 bits per heavy atom. The average Bonchev–Trinajstić information content (AvgIpc) is 2.56. The largest absolute Gasteiger partial charge is 0.444 e. The average molecular weight is 392 g/mol. The summed E-state index contributed by atoms with van der Waals surface area (Å²) in [4.78, 5) is 28.1. The lowest BCUT2D eigenvalue weighted by molar-refractivity contribution is -0.117. The van der Waals surface area contributed by atoms with E-state index >= 15 is 0 Å². The Morgan fingerprint density at radius 3 is 2.54 bits per heavy atom. The number of carbonyl (C=O) groups excluding carboxylic acids is 2. The molecule has 2 rings (SSSR count). The molecular formula is C19H22F2N4O3. The van der Waals surface area contributed by atoms with Crippen LogP contribution in [0, 0.1) is 11.6 Å². The lowest BCUT2D eigenvalue weighted by Crippen LogP contribution is -2.44. The van der Waals surface area contributed by atoms with Gasteiger partial charge in [-0.05, 0) is 45.9 Å². The van der Waals surface area contributed by atoms with Crippen LogP contribution in [0.15, 0.2) is 36.7 Å². The summed E-state index contributed by atoms with van der Waals surface area (Å²) in [5.41, 5.74) is -0.510. The maximum Gasteiger partial charge on any atom is 0.408 e. The lowest BCUT2D eigenvalue weighted by atomic mass is 10.2. The van der Waals surface area contributed by atoms with E-state index < -0.39 is 35.3 Å². The third-order valence-electron chi connectivity index (χ3n) is 3.37. The molecule has 0 aliphatic heterocycles. The van der Waals surface area contributed by atoms with Crippen molar-refractivity contribution in [3.63, 3.8) is 0 Å². The molecule has 2 aromatic rings. The monoisotopic (exact) mass is 392 g/mol. The minimum Gasteiger partial charge on any atom is -0.444 e. The quantitative estimate of drug-likeness (QED) is 0.716. The van der Waals surface area contributed by atoms with Crippen molar-refractivity contribution in [2.24, 2.45) is 0 Å². The van der Waals surface area contributed by atoms with Gasteiger partial charge < -0.3 is 20.7 Å². The predicted molar refractivity (Wildman–Crippen MR) is 101 cm³/mol. The van der Waals surface area contributed by atoms with E-state index in [4.69, 9.17) is 4.74 Å². The van der Waals surface area contributed by atoms with E-state index in [1.807, 2.05) is 0 Å². The molecule has 150 valence electrons. The van der Waals surface area contributed by atoms with Crippen LogP contribution in [-0.4, -0.2) is 28.6 Å². The highest BCUT2D eigenvalue weighted by Crippen LogP contribution is 2.29. The highest BCUT2D eigenvalue weighted by Gasteiger charge is 2.23. The van der Waals surface area contributed by atoms with E-state index in [0.717, 1.165) is 6.07 Å². The molecule has 1 heterocycles. The molecule has 2 amide bonds. The number of amides is 2. The number of pyridine rings is 1. The summed E-state index contributed by atoms with van der Waals surface area (Å²) in [5.74, 6) is -2.49. The predicted octanol–water partition coefficient (Wildman–Crippen LogP) is 3.96. The fourth-order valence-electron chi connectivity index (χ4n) is 2.17. The van der Waals surface area contributed by atoms with Crippen LogP contribution in [-0.2, 0) is 9.53 Å². The van der Waals surface area contributed by atoms with E-state index in [1.54, 1.807) is 39.1 Å². The van der Waals surface area contributed by atoms with E-state index in [0.29, 0.717) is 11.8 Å². The molecule has 0 aliphatic carbocycles. The second-order valence-electron chi connectivity index (χ2n) is 7.03. The van der Waals surface area contributed by atoms with Gasteiger partial charge in [0.2, 0.25) is 5.91 Å². The van der Waals surface area contributed by atoms with Gasteiger partial charge in [0.15, 0.2) is 5.82 Å². The number of aromatic nitrogens is 1. The first-order valence-corrected chi connectivity index (χ1v) is 8.51. The normalized spacial score (nSPS) is 12.1. The van der Waals surface area contributed by atoms with Crippen molar-refractivity contribution in [1.82, 2.24) is 10.3 Å². The van der Waals surface area contributed by atoms with Crippen molar-refractivity contribution in [2.45, 2.75) is 39.3 Å². The zero-order valence-electron chi connectivity index (χ0n) is 16.0. The molecule has 0 fully saturated rings. The fourth-order valence-corrected chi connectivity index (χ4v) is 2.17. The second kappa shape index (κ2) is 8.64. The molecule has 1 aromatic heterocycles. The summed E-state index contributed by atoms with van der Waals surface area (Å²) in [6, 6.07) is 3.95. The lowest BCUT2D eigenvalue weighted by Gasteiger charge is -2.22. The van der Waals surface area contributed by atoms with Gasteiger partial charge in [-0.1, -0.05) is 0 Å². The SMILES string of the molecule is CC(NC(=O)OC(C)(C)C)C(=O)Nc1c(F)cc(F)cc1Nc1cccnc1. The molecule has 0 saturated carbocycles. The van der Waals surface area contributed by atoms with Gasteiger partial charge in [0.1, 0.15) is 23.1 Å². The number of benzene rings is 1. The van der Waals surface area contributed by atoms with Gasteiger partial charge in [-0.25, -0.2) is 13.6 Å². The van der Waals surface area contributed by atoms with Gasteiger partial charge in [-0.15, -0.1) is 0 Å². The number of hydrogen-bond donors (Lipinski definition) is 3. The minimum atomic E-state index is -1.02. The topological polar surface area (TPSA) is 92.3 Å². The molecule has 7 nitrogen and oxygen atoms in total. The van der Waals surface area contributed by atoms with E-state index in [2.05, 4.69) is 20.9 Å². The first kappa shape index (κ1) is 21.1. The molecule has 0 saturated heterocycles. The maximum atomic E-state index is 14.3. The summed E-state index contributed by atoms with van der Waals surface area (Å²) < 4.78 is 33.0. The second-order valence-corrected chi connectivity index (χ2v) is 7.03. The Hall–Kier alpha value is -3.23. The molecule has 28 heavy (non-hydrogen) atoms. The van der Waals surface area contributed by atoms with Gasteiger partial charge in [0.25, 0.3) is 0 Å². The Bertz CT molecular complexity index is 854. The molecule has 0 radical (unpaired) electrons. The van der Waals surface area contributed by atoms with Crippen molar-refractivity contribution in [2.75, 3.05) is 10.6 Å². The summed E-state index contributed by atoms with van der Waals surface area (Å²) in [6.07, 6.45) is 2.22. The van der Waals surface area contributed by atoms with Crippen molar-refractivity contribution in [3.8, 4) is 0 Å². The molecule has 1 atom stereocenters. The van der Waals surface area contributed by atoms with Gasteiger partial charge in [0, 0.05) is 12.3 Å². The molecule has 3 N–H and O–H groups in total. The minimum absolute atomic E-state index is 0.00307. The zero-order chi connectivity index (χ0) is 20.9. The fraction of sp³-hybridized carbons (Fsp3) is 0.316. The Balaban J connectivity index is 2.16. The van der Waals surface area contributed by atoms with Crippen molar-refractivity contribution in [1.29, 1.82) is 0 Å². The number of carbonyl (C=O) groups is 2. The van der Waals surface area contributed by atoms with Gasteiger partial charge in [0.05, 0.1) is 17.6 Å². The smallest absolute Gasteiger partial charge is 0.408 e. The molecule has 1 unspecified atom stereocenters. The highest BCUT2D eigenvalue weighted by molar-refractivity contribution is 5.99. The Kier molecular flexibility index (Phi) is 6.50. The molecule has 9 heteroatoms. The van der Waals surface area contributed by atoms with Gasteiger partial charge in [-0.3, -0.25) is 9.78 Å². The first-order chi connectivity index (χ1) is 13.0. The van der Waals surface area contributed by atoms with Crippen LogP contribution in [0.1, 0.15) is 27.7 Å². The number of hydrogen-bond acceptors (Lipinski definition) is 5. The summed E-state index contributed by atoms with van der Waals surface area (Å²) in [5, 5.41) is 7.52. The molecule has 0 spiro atoms. The van der Waals surface area contributed by atoms with Gasteiger partial charge >= 0.3 is 6.09 Å². The van der Waals surface area contributed by atoms with Crippen LogP contribution in [0.3, 0.4) is 0 Å². The van der Waals surface area contributed by atoms with Gasteiger partial charge in [-0.2, -0.15) is 0 Å². The first-order valence-electron chi connectivity index (χ1n) is 8.51. The number of alkyl carbamates (subject to hydrolysis) is 1. The van der Waals surface area contributed by atoms with Crippen molar-refractivity contribution >= 4 is 29.1 Å². The standard InChI is InChI=1S/C19H22F2N4O3/c1-11(23-18(27)28-19(2,3)4)17(26)25-16-14(21)8-12(20)9-15(16)24-13-6-5-7-22-10-13/h5-11,24H,1-4H3,(H,23,27)(H,25,26). The van der Waals surface area contributed by atoms with Crippen molar-refractivity contribution < 1.29 is 23.1 Å². The number of nitrogens with one attached hydrogen (secondary N) is 3. The molecular weight excluding hydrogens is 370 g/mol. The summed E-state index contributed by atoms with van der Waals surface area (Å²) >= 11 is 0. The molecule has 0 aliphatic rings. The Labute approximate surface area is 161 Å². The van der Waals surface area contributed by atoms with Crippen LogP contribution in [0.25, 0.3) is 0 Å². The number of rotatable bonds is 5. The third kappa shape index (κ3) is 6.19. The van der Waals surface area contributed by atoms with Crippen LogP contribution in [0.5, 0.6) is 0 Å². The summed E-state index contributed by atoms with van der Waals surface area (Å²) in [7, 11) is 0. The number of halogens is 2. The van der Waals surface area contributed by atoms with E-state index in [9.17, 15) is 18.4 Å². The third-order valence-corrected chi connectivity index (χ3v) is 3.37. The van der Waals surface area contributed by atoms with Crippen LogP contribution >= 0.6 is 0 Å². The maximum absolute atomic E-state index is 14.3.